The third-order valence-electron chi connectivity index (χ3n) is 11.0. The first-order valence-corrected chi connectivity index (χ1v) is 19.7. The number of halogens is 2. The molecular formula is C48H50Cl2GeN8+2. The molecule has 59 heavy (non-hydrogen) atoms. The van der Waals surface area contributed by atoms with Crippen LogP contribution < -0.4 is 24.8 Å². The van der Waals surface area contributed by atoms with Gasteiger partial charge in [-0.25, -0.2) is 29.9 Å². The summed E-state index contributed by atoms with van der Waals surface area (Å²) in [4.78, 5) is 39.2. The smallest absolute Gasteiger partial charge is 1.00 e. The van der Waals surface area contributed by atoms with E-state index in [9.17, 15) is 0 Å². The molecule has 2 N–H and O–H groups in total. The van der Waals surface area contributed by atoms with Gasteiger partial charge in [0.25, 0.3) is 0 Å². The van der Waals surface area contributed by atoms with Gasteiger partial charge in [0.15, 0.2) is 23.3 Å². The number of nitrogens with zero attached hydrogens (tertiary/aromatic N) is 6. The van der Waals surface area contributed by atoms with E-state index >= 15 is 0 Å². The number of H-pyrrole nitrogens is 2. The molecule has 2 aliphatic rings. The standard InChI is InChI=1S/C48H50N8.2ClH.Ge/c1-45(2,3)33-31-32(34(46(4,5)6)36(48(10,11)12)35(33)47(7,8)9)44-55-42-30-24-18-16-22-28(30)40(53-42)51-38-26-20-14-13-19-25(26)37(49-38)50-39-27-21-15-17-23-29(27)41(52-39)54-43(31)56-44;;;/h13-24H,1-12H3,(H2,49,50,51,52,53,54,55,56);2*1H;/q;;;+4/p-2. The van der Waals surface area contributed by atoms with Crippen molar-refractivity contribution in [3.05, 3.63) is 95.1 Å². The zero-order valence-corrected chi connectivity index (χ0v) is 39.5. The van der Waals surface area contributed by atoms with Gasteiger partial charge in [0.2, 0.25) is 0 Å². The number of hydrogen-bond donors (Lipinski definition) is 2. The van der Waals surface area contributed by atoms with Gasteiger partial charge >= 0.3 is 17.6 Å². The zero-order valence-electron chi connectivity index (χ0n) is 35.9. The van der Waals surface area contributed by atoms with Crippen molar-refractivity contribution in [1.82, 2.24) is 39.9 Å². The first-order chi connectivity index (χ1) is 26.3. The Morgan fingerprint density at radius 1 is 0.339 bits per heavy atom. The Hall–Kier alpha value is -4.64. The molecule has 0 fully saturated rings. The van der Waals surface area contributed by atoms with E-state index < -0.39 is 0 Å². The second-order valence-electron chi connectivity index (χ2n) is 19.5. The number of aromatic amines is 2. The summed E-state index contributed by atoms with van der Waals surface area (Å²) in [5, 5.41) is 4.06. The summed E-state index contributed by atoms with van der Waals surface area (Å²) in [6, 6.07) is 24.6. The molecule has 7 aromatic rings. The number of benzene rings is 4. The Balaban J connectivity index is 0.00000195. The number of aromatic nitrogens is 8. The average Bonchev–Trinajstić information content (AvgIpc) is 3.84. The maximum absolute atomic E-state index is 5.53. The predicted molar refractivity (Wildman–Crippen MR) is 237 cm³/mol. The topological polar surface area (TPSA) is 109 Å². The SMILES string of the molecule is CC(C)(C)c1c(C(C)(C)C)c(C(C)(C)C)c2c3nc4nc(nc5[nH]c(nc6nc(nc([nH]3)c2c1C(C)(C)C)-c1ccccc1-6)c1ccccc51)-c1ccccc1-4.[Cl-].[Cl-].[Ge+4]. The fourth-order valence-electron chi connectivity index (χ4n) is 8.90. The molecular weight excluding hydrogens is 832 g/mol. The minimum absolute atomic E-state index is 0. The summed E-state index contributed by atoms with van der Waals surface area (Å²) < 4.78 is 0. The molecule has 5 heterocycles. The number of nitrogens with one attached hydrogen (secondary N) is 2. The van der Waals surface area contributed by atoms with Crippen molar-refractivity contribution >= 4 is 61.7 Å². The summed E-state index contributed by atoms with van der Waals surface area (Å²) in [7, 11) is 0. The molecule has 0 unspecified atom stereocenters. The van der Waals surface area contributed by atoms with Crippen molar-refractivity contribution in [2.45, 2.75) is 105 Å². The van der Waals surface area contributed by atoms with E-state index in [1.54, 1.807) is 0 Å². The summed E-state index contributed by atoms with van der Waals surface area (Å²) in [6.07, 6.45) is 0. The van der Waals surface area contributed by atoms with Gasteiger partial charge in [0.1, 0.15) is 22.6 Å². The third kappa shape index (κ3) is 7.15. The van der Waals surface area contributed by atoms with Crippen LogP contribution in [-0.2, 0) is 21.7 Å². The normalized spacial score (nSPS) is 12.7. The molecule has 8 bridgehead atoms. The van der Waals surface area contributed by atoms with E-state index in [0.717, 1.165) is 55.1 Å². The van der Waals surface area contributed by atoms with Crippen LogP contribution in [0.4, 0.5) is 0 Å². The second kappa shape index (κ2) is 14.8. The quantitative estimate of drug-likeness (QED) is 0.190. The van der Waals surface area contributed by atoms with Crippen molar-refractivity contribution in [2.75, 3.05) is 0 Å². The van der Waals surface area contributed by atoms with Gasteiger partial charge in [0.05, 0.1) is 0 Å². The van der Waals surface area contributed by atoms with Gasteiger partial charge in [-0.15, -0.1) is 0 Å². The fourth-order valence-corrected chi connectivity index (χ4v) is 8.90. The molecule has 0 radical (unpaired) electrons. The van der Waals surface area contributed by atoms with Crippen LogP contribution in [0.1, 0.15) is 105 Å². The molecule has 9 rings (SSSR count). The minimum Gasteiger partial charge on any atom is -1.00 e. The van der Waals surface area contributed by atoms with Gasteiger partial charge in [-0.3, -0.25) is 0 Å². The molecule has 4 aromatic carbocycles. The van der Waals surface area contributed by atoms with Gasteiger partial charge in [-0.2, -0.15) is 0 Å². The van der Waals surface area contributed by atoms with E-state index in [0.29, 0.717) is 34.6 Å². The molecule has 0 saturated heterocycles. The molecule has 2 aliphatic heterocycles. The van der Waals surface area contributed by atoms with Crippen LogP contribution >= 0.6 is 0 Å². The minimum atomic E-state index is -0.259. The Bertz CT molecular complexity index is 2780. The third-order valence-corrected chi connectivity index (χ3v) is 11.0. The van der Waals surface area contributed by atoms with E-state index in [4.69, 9.17) is 29.9 Å². The van der Waals surface area contributed by atoms with E-state index in [1.165, 1.54) is 22.3 Å². The fraction of sp³-hybridized carbons (Fsp3) is 0.333. The molecule has 0 amide bonds. The maximum atomic E-state index is 5.53. The van der Waals surface area contributed by atoms with E-state index in [2.05, 4.69) is 129 Å². The molecule has 0 saturated carbocycles. The van der Waals surface area contributed by atoms with Crippen LogP contribution in [0.25, 0.3) is 89.7 Å². The van der Waals surface area contributed by atoms with Crippen molar-refractivity contribution in [3.8, 4) is 45.6 Å². The molecule has 11 heteroatoms. The van der Waals surface area contributed by atoms with Gasteiger partial charge in [-0.1, -0.05) is 156 Å². The number of rotatable bonds is 0. The first-order valence-electron chi connectivity index (χ1n) is 19.7. The summed E-state index contributed by atoms with van der Waals surface area (Å²) in [6.45, 7) is 28.0. The van der Waals surface area contributed by atoms with Crippen molar-refractivity contribution in [3.63, 3.8) is 0 Å². The summed E-state index contributed by atoms with van der Waals surface area (Å²) in [5.41, 5.74) is 10.9. The largest absolute Gasteiger partial charge is 4.00 e. The van der Waals surface area contributed by atoms with Gasteiger partial charge < -0.3 is 34.8 Å². The van der Waals surface area contributed by atoms with Crippen molar-refractivity contribution < 1.29 is 24.8 Å². The summed E-state index contributed by atoms with van der Waals surface area (Å²) >= 11 is 0. The zero-order chi connectivity index (χ0) is 39.7. The van der Waals surface area contributed by atoms with Crippen LogP contribution in [0.5, 0.6) is 0 Å². The summed E-state index contributed by atoms with van der Waals surface area (Å²) in [5.74, 6) is 2.41. The molecule has 0 spiro atoms. The van der Waals surface area contributed by atoms with E-state index in [-0.39, 0.29) is 64.1 Å². The molecule has 8 nitrogen and oxygen atoms in total. The predicted octanol–water partition coefficient (Wildman–Crippen LogP) is 5.69. The van der Waals surface area contributed by atoms with Gasteiger partial charge in [0, 0.05) is 43.8 Å². The number of hydrogen-bond acceptors (Lipinski definition) is 6. The molecule has 3 aromatic heterocycles. The Labute approximate surface area is 369 Å². The van der Waals surface area contributed by atoms with Crippen molar-refractivity contribution in [1.29, 1.82) is 0 Å². The average molecular weight is 883 g/mol. The Kier molecular flexibility index (Phi) is 11.0. The first kappa shape index (κ1) is 43.9. The maximum Gasteiger partial charge on any atom is 4.00 e. The van der Waals surface area contributed by atoms with Crippen molar-refractivity contribution in [2.24, 2.45) is 0 Å². The molecule has 298 valence electrons. The van der Waals surface area contributed by atoms with Crippen LogP contribution in [0.2, 0.25) is 0 Å². The second-order valence-corrected chi connectivity index (χ2v) is 19.5. The van der Waals surface area contributed by atoms with Crippen LogP contribution in [0.15, 0.2) is 72.8 Å². The van der Waals surface area contributed by atoms with Crippen LogP contribution in [0.3, 0.4) is 0 Å². The molecule has 0 atom stereocenters. The molecule has 0 aliphatic carbocycles. The monoisotopic (exact) mass is 882 g/mol. The van der Waals surface area contributed by atoms with Crippen LogP contribution in [-0.4, -0.2) is 57.5 Å². The Morgan fingerprint density at radius 3 is 0.881 bits per heavy atom. The van der Waals surface area contributed by atoms with Gasteiger partial charge in [-0.05, 0) is 43.9 Å². The van der Waals surface area contributed by atoms with E-state index in [1.807, 2.05) is 36.4 Å². The van der Waals surface area contributed by atoms with Crippen LogP contribution in [0, 0.1) is 0 Å². The number of fused-ring (bicyclic) bond motifs is 20. The Morgan fingerprint density at radius 2 is 0.593 bits per heavy atom.